The van der Waals surface area contributed by atoms with Crippen LogP contribution in [0.5, 0.6) is 5.75 Å². The van der Waals surface area contributed by atoms with Crippen molar-refractivity contribution in [3.05, 3.63) is 59.2 Å². The maximum absolute atomic E-state index is 6.56. The van der Waals surface area contributed by atoms with E-state index in [4.69, 9.17) is 25.8 Å². The van der Waals surface area contributed by atoms with E-state index in [9.17, 15) is 0 Å². The number of fused-ring (bicyclic) bond motifs is 2. The molecule has 0 amide bonds. The van der Waals surface area contributed by atoms with Crippen molar-refractivity contribution in [1.29, 1.82) is 0 Å². The number of para-hydroxylation sites is 1. The van der Waals surface area contributed by atoms with Crippen molar-refractivity contribution in [2.24, 2.45) is 0 Å². The molecule has 1 atom stereocenters. The van der Waals surface area contributed by atoms with Crippen LogP contribution in [0.1, 0.15) is 11.7 Å². The second kappa shape index (κ2) is 8.06. The molecule has 1 saturated heterocycles. The Hall–Kier alpha value is -2.54. The molecule has 1 aliphatic rings. The second-order valence-electron chi connectivity index (χ2n) is 6.83. The van der Waals surface area contributed by atoms with Gasteiger partial charge in [-0.05, 0) is 24.3 Å². The van der Waals surface area contributed by atoms with Crippen LogP contribution < -0.4 is 15.0 Å². The Balaban J connectivity index is 0.00000205. The molecule has 0 bridgehead atoms. The summed E-state index contributed by atoms with van der Waals surface area (Å²) in [5.41, 5.74) is 2.52. The molecule has 8 heteroatoms. The second-order valence-corrected chi connectivity index (χ2v) is 7.23. The van der Waals surface area contributed by atoms with Gasteiger partial charge in [0.05, 0.1) is 34.8 Å². The summed E-state index contributed by atoms with van der Waals surface area (Å²) in [5.74, 6) is 1.56. The van der Waals surface area contributed by atoms with Crippen LogP contribution in [0, 0.1) is 0 Å². The predicted octanol–water partition coefficient (Wildman–Crippen LogP) is 4.61. The van der Waals surface area contributed by atoms with Crippen LogP contribution in [-0.4, -0.2) is 36.9 Å². The zero-order valence-corrected chi connectivity index (χ0v) is 17.3. The summed E-state index contributed by atoms with van der Waals surface area (Å²) in [6.07, 6.45) is 0. The summed E-state index contributed by atoms with van der Waals surface area (Å²) in [7, 11) is 1.64. The molecule has 0 saturated carbocycles. The van der Waals surface area contributed by atoms with E-state index in [1.54, 1.807) is 7.11 Å². The third-order valence-corrected chi connectivity index (χ3v) is 5.52. The Morgan fingerprint density at radius 3 is 2.90 bits per heavy atom. The minimum absolute atomic E-state index is 0. The van der Waals surface area contributed by atoms with Crippen LogP contribution in [0.15, 0.2) is 53.1 Å². The maximum Gasteiger partial charge on any atom is 0.180 e. The van der Waals surface area contributed by atoms with E-state index in [1.807, 2.05) is 48.5 Å². The van der Waals surface area contributed by atoms with Gasteiger partial charge in [0, 0.05) is 31.1 Å². The van der Waals surface area contributed by atoms with Gasteiger partial charge in [-0.2, -0.15) is 0 Å². The molecule has 1 fully saturated rings. The summed E-state index contributed by atoms with van der Waals surface area (Å²) >= 11 is 6.56. The van der Waals surface area contributed by atoms with E-state index in [0.29, 0.717) is 10.6 Å². The molecule has 1 unspecified atom stereocenters. The van der Waals surface area contributed by atoms with Gasteiger partial charge in [-0.3, -0.25) is 4.98 Å². The first-order valence-electron chi connectivity index (χ1n) is 9.20. The maximum atomic E-state index is 6.56. The number of ether oxygens (including phenoxy) is 1. The molecule has 0 radical (unpaired) electrons. The van der Waals surface area contributed by atoms with Gasteiger partial charge in [-0.15, -0.1) is 12.4 Å². The number of hydrogen-bond donors (Lipinski definition) is 1. The molecule has 6 nitrogen and oxygen atoms in total. The summed E-state index contributed by atoms with van der Waals surface area (Å²) in [6.45, 7) is 2.42. The first-order valence-corrected chi connectivity index (χ1v) is 9.58. The molecule has 1 aliphatic heterocycles. The number of halogens is 2. The van der Waals surface area contributed by atoms with Crippen molar-refractivity contribution in [1.82, 2.24) is 15.5 Å². The monoisotopic (exact) mass is 430 g/mol. The van der Waals surface area contributed by atoms with E-state index < -0.39 is 0 Å². The topological polar surface area (TPSA) is 63.4 Å². The Bertz CT molecular complexity index is 1160. The zero-order chi connectivity index (χ0) is 19.1. The Labute approximate surface area is 179 Å². The highest BCUT2D eigenvalue weighted by molar-refractivity contribution is 6.35. The van der Waals surface area contributed by atoms with Gasteiger partial charge in [-0.1, -0.05) is 35.0 Å². The number of anilines is 1. The quantitative estimate of drug-likeness (QED) is 0.511. The smallest absolute Gasteiger partial charge is 0.180 e. The Kier molecular flexibility index (Phi) is 5.50. The van der Waals surface area contributed by atoms with E-state index in [2.05, 4.69) is 15.4 Å². The number of methoxy groups -OCH3 is 1. The average Bonchev–Trinajstić information content (AvgIpc) is 3.16. The van der Waals surface area contributed by atoms with Crippen molar-refractivity contribution < 1.29 is 9.26 Å². The molecule has 5 rings (SSSR count). The third-order valence-electron chi connectivity index (χ3n) is 5.20. The van der Waals surface area contributed by atoms with Gasteiger partial charge in [-0.25, -0.2) is 0 Å². The molecule has 2 aromatic carbocycles. The lowest BCUT2D eigenvalue weighted by atomic mass is 10.1. The van der Waals surface area contributed by atoms with E-state index >= 15 is 0 Å². The van der Waals surface area contributed by atoms with Gasteiger partial charge < -0.3 is 19.5 Å². The van der Waals surface area contributed by atoms with Crippen LogP contribution in [0.25, 0.3) is 21.9 Å². The van der Waals surface area contributed by atoms with Gasteiger partial charge in [0.15, 0.2) is 11.4 Å². The van der Waals surface area contributed by atoms with Crippen molar-refractivity contribution in [3.8, 4) is 5.75 Å². The lowest BCUT2D eigenvalue weighted by molar-refractivity contribution is 0.410. The standard InChI is InChI=1S/C21H19ClN4O2.ClH/c1-27-13-6-7-15-20(10-13)28-25-21(15)26-9-8-23-12-19(26)18-11-16(22)14-4-2-3-5-17(14)24-18;/h2-7,10-11,19,23H,8-9,12H2,1H3;1H. The summed E-state index contributed by atoms with van der Waals surface area (Å²) in [4.78, 5) is 7.12. The van der Waals surface area contributed by atoms with Gasteiger partial charge >= 0.3 is 0 Å². The van der Waals surface area contributed by atoms with Crippen LogP contribution >= 0.6 is 24.0 Å². The number of pyridine rings is 1. The number of benzene rings is 2. The van der Waals surface area contributed by atoms with Crippen LogP contribution in [0.3, 0.4) is 0 Å². The Morgan fingerprint density at radius 1 is 1.17 bits per heavy atom. The molecular weight excluding hydrogens is 411 g/mol. The van der Waals surface area contributed by atoms with Gasteiger partial charge in [0.1, 0.15) is 5.75 Å². The molecule has 4 aromatic rings. The predicted molar refractivity (Wildman–Crippen MR) is 118 cm³/mol. The third kappa shape index (κ3) is 3.48. The lowest BCUT2D eigenvalue weighted by Gasteiger charge is -2.36. The van der Waals surface area contributed by atoms with Crippen molar-refractivity contribution in [2.45, 2.75) is 6.04 Å². The Morgan fingerprint density at radius 2 is 2.03 bits per heavy atom. The zero-order valence-electron chi connectivity index (χ0n) is 15.8. The fourth-order valence-corrected chi connectivity index (χ4v) is 4.06. The summed E-state index contributed by atoms with van der Waals surface area (Å²) in [5, 5.41) is 10.4. The van der Waals surface area contributed by atoms with E-state index in [-0.39, 0.29) is 18.4 Å². The number of nitrogens with one attached hydrogen (secondary N) is 1. The largest absolute Gasteiger partial charge is 0.497 e. The number of rotatable bonds is 3. The number of aromatic nitrogens is 2. The molecule has 1 N–H and O–H groups in total. The van der Waals surface area contributed by atoms with Crippen molar-refractivity contribution in [3.63, 3.8) is 0 Å². The van der Waals surface area contributed by atoms with Gasteiger partial charge in [0.25, 0.3) is 0 Å². The fourth-order valence-electron chi connectivity index (χ4n) is 3.78. The fraction of sp³-hybridized carbons (Fsp3) is 0.238. The number of nitrogens with zero attached hydrogens (tertiary/aromatic N) is 3. The molecule has 150 valence electrons. The molecular formula is C21H20Cl2N4O2. The SMILES string of the molecule is COc1ccc2c(N3CCNCC3c3cc(Cl)c4ccccc4n3)noc2c1.Cl. The average molecular weight is 431 g/mol. The minimum atomic E-state index is 0. The van der Waals surface area contributed by atoms with E-state index in [1.165, 1.54) is 0 Å². The van der Waals surface area contributed by atoms with Crippen LogP contribution in [-0.2, 0) is 0 Å². The van der Waals surface area contributed by atoms with Crippen LogP contribution in [0.2, 0.25) is 5.02 Å². The molecule has 29 heavy (non-hydrogen) atoms. The van der Waals surface area contributed by atoms with E-state index in [0.717, 1.165) is 53.2 Å². The molecule has 0 aliphatic carbocycles. The summed E-state index contributed by atoms with van der Waals surface area (Å²) in [6, 6.07) is 15.7. The summed E-state index contributed by atoms with van der Waals surface area (Å²) < 4.78 is 10.9. The molecule has 2 aromatic heterocycles. The first kappa shape index (κ1) is 19.8. The van der Waals surface area contributed by atoms with Crippen LogP contribution in [0.4, 0.5) is 5.82 Å². The minimum Gasteiger partial charge on any atom is -0.497 e. The highest BCUT2D eigenvalue weighted by Crippen LogP contribution is 2.35. The molecule has 0 spiro atoms. The van der Waals surface area contributed by atoms with Gasteiger partial charge in [0.2, 0.25) is 0 Å². The highest BCUT2D eigenvalue weighted by atomic mass is 35.5. The highest BCUT2D eigenvalue weighted by Gasteiger charge is 2.29. The number of hydrogen-bond acceptors (Lipinski definition) is 6. The van der Waals surface area contributed by atoms with Crippen molar-refractivity contribution in [2.75, 3.05) is 31.6 Å². The normalized spacial score (nSPS) is 16.8. The lowest BCUT2D eigenvalue weighted by Crippen LogP contribution is -2.46. The molecule has 3 heterocycles. The van der Waals surface area contributed by atoms with Crippen molar-refractivity contribution >= 4 is 51.7 Å². The first-order chi connectivity index (χ1) is 13.7. The number of piperazine rings is 1.